The molecule has 1 atom stereocenters. The van der Waals surface area contributed by atoms with Gasteiger partial charge in [-0.1, -0.05) is 26.8 Å². The van der Waals surface area contributed by atoms with Gasteiger partial charge in [0.15, 0.2) is 0 Å². The van der Waals surface area contributed by atoms with E-state index in [2.05, 4.69) is 37.1 Å². The van der Waals surface area contributed by atoms with E-state index in [1.807, 2.05) is 10.8 Å². The average Bonchev–Trinajstić information content (AvgIpc) is 2.81. The molecule has 2 N–H and O–H groups in total. The summed E-state index contributed by atoms with van der Waals surface area (Å²) in [6.07, 6.45) is 8.29. The van der Waals surface area contributed by atoms with Gasteiger partial charge >= 0.3 is 0 Å². The Kier molecular flexibility index (Phi) is 4.42. The minimum absolute atomic E-state index is 0.152. The highest BCUT2D eigenvalue weighted by atomic mass is 16.3. The Morgan fingerprint density at radius 1 is 1.53 bits per heavy atom. The predicted molar refractivity (Wildman–Crippen MR) is 77.8 cm³/mol. The number of aliphatic hydroxyl groups is 1. The van der Waals surface area contributed by atoms with Crippen molar-refractivity contribution in [3.63, 3.8) is 0 Å². The molecule has 0 saturated heterocycles. The summed E-state index contributed by atoms with van der Waals surface area (Å²) >= 11 is 0. The summed E-state index contributed by atoms with van der Waals surface area (Å²) in [7, 11) is 0. The summed E-state index contributed by atoms with van der Waals surface area (Å²) in [5.74, 6) is 0. The number of imidazole rings is 1. The Morgan fingerprint density at radius 3 is 3.00 bits per heavy atom. The lowest BCUT2D eigenvalue weighted by Crippen LogP contribution is -2.42. The number of aliphatic hydroxyl groups excluding tert-OH is 1. The normalized spacial score (nSPS) is 22.3. The van der Waals surface area contributed by atoms with Crippen molar-refractivity contribution in [3.8, 4) is 0 Å². The molecule has 1 heterocycles. The van der Waals surface area contributed by atoms with Crippen molar-refractivity contribution in [2.24, 2.45) is 5.41 Å². The van der Waals surface area contributed by atoms with Gasteiger partial charge in [0.1, 0.15) is 0 Å². The molecule has 0 aliphatic heterocycles. The summed E-state index contributed by atoms with van der Waals surface area (Å²) in [6, 6.07) is 0.402. The number of nitrogens with one attached hydrogen (secondary N) is 1. The average molecular weight is 263 g/mol. The maximum atomic E-state index is 9.10. The maximum Gasteiger partial charge on any atom is 0.0951 e. The first kappa shape index (κ1) is 14.3. The van der Waals surface area contributed by atoms with Gasteiger partial charge in [0, 0.05) is 12.6 Å². The second-order valence-electron chi connectivity index (χ2n) is 5.91. The monoisotopic (exact) mass is 263 g/mol. The van der Waals surface area contributed by atoms with Crippen molar-refractivity contribution in [1.29, 1.82) is 0 Å². The number of nitrogens with zero attached hydrogens (tertiary/aromatic N) is 2. The minimum Gasteiger partial charge on any atom is -0.395 e. The van der Waals surface area contributed by atoms with Crippen LogP contribution in [-0.4, -0.2) is 33.9 Å². The molecular weight excluding hydrogens is 238 g/mol. The smallest absolute Gasteiger partial charge is 0.0951 e. The summed E-state index contributed by atoms with van der Waals surface area (Å²) in [5, 5.41) is 12.7. The molecule has 0 spiro atoms. The van der Waals surface area contributed by atoms with Crippen LogP contribution >= 0.6 is 0 Å². The molecule has 1 aliphatic carbocycles. The molecular formula is C15H25N3O. The number of rotatable bonds is 5. The standard InChI is InChI=1S/C15H25N3O/c1-4-17-14-9-12(5-6-15(14,2)3)13-10-16-11-18(13)7-8-19/h9-11,14,17,19H,4-8H2,1-3H3. The van der Waals surface area contributed by atoms with Crippen LogP contribution in [0.1, 0.15) is 39.3 Å². The molecule has 1 aromatic heterocycles. The van der Waals surface area contributed by atoms with Crippen molar-refractivity contribution >= 4 is 5.57 Å². The van der Waals surface area contributed by atoms with E-state index in [9.17, 15) is 0 Å². The van der Waals surface area contributed by atoms with E-state index in [1.165, 1.54) is 12.0 Å². The van der Waals surface area contributed by atoms with Gasteiger partial charge in [0.25, 0.3) is 0 Å². The first-order chi connectivity index (χ1) is 9.08. The summed E-state index contributed by atoms with van der Waals surface area (Å²) in [6.45, 7) is 8.53. The van der Waals surface area contributed by atoms with E-state index in [1.54, 1.807) is 6.33 Å². The summed E-state index contributed by atoms with van der Waals surface area (Å²) in [5.41, 5.74) is 2.78. The van der Waals surface area contributed by atoms with E-state index in [-0.39, 0.29) is 6.61 Å². The highest BCUT2D eigenvalue weighted by molar-refractivity contribution is 5.64. The van der Waals surface area contributed by atoms with Crippen LogP contribution in [0.25, 0.3) is 5.57 Å². The van der Waals surface area contributed by atoms with Crippen molar-refractivity contribution < 1.29 is 5.11 Å². The van der Waals surface area contributed by atoms with Gasteiger partial charge in [0.05, 0.1) is 24.8 Å². The zero-order chi connectivity index (χ0) is 13.9. The molecule has 0 saturated carbocycles. The van der Waals surface area contributed by atoms with Crippen molar-refractivity contribution in [1.82, 2.24) is 14.9 Å². The van der Waals surface area contributed by atoms with Crippen molar-refractivity contribution in [3.05, 3.63) is 24.3 Å². The lowest BCUT2D eigenvalue weighted by atomic mass is 9.74. The molecule has 4 heteroatoms. The minimum atomic E-state index is 0.152. The predicted octanol–water partition coefficient (Wildman–Crippen LogP) is 2.06. The molecule has 1 unspecified atom stereocenters. The van der Waals surface area contributed by atoms with Crippen LogP contribution in [-0.2, 0) is 6.54 Å². The van der Waals surface area contributed by atoms with E-state index in [0.29, 0.717) is 18.0 Å². The van der Waals surface area contributed by atoms with E-state index >= 15 is 0 Å². The Bertz CT molecular complexity index is 448. The molecule has 0 radical (unpaired) electrons. The second kappa shape index (κ2) is 5.88. The van der Waals surface area contributed by atoms with Crippen LogP contribution in [0.2, 0.25) is 0 Å². The van der Waals surface area contributed by atoms with Gasteiger partial charge in [-0.2, -0.15) is 0 Å². The Labute approximate surface area is 115 Å². The van der Waals surface area contributed by atoms with Gasteiger partial charge in [-0.15, -0.1) is 0 Å². The zero-order valence-corrected chi connectivity index (χ0v) is 12.2. The van der Waals surface area contributed by atoms with Crippen LogP contribution in [0.4, 0.5) is 0 Å². The molecule has 106 valence electrons. The number of likely N-dealkylation sites (N-methyl/N-ethyl adjacent to an activating group) is 1. The molecule has 0 aromatic carbocycles. The van der Waals surface area contributed by atoms with Gasteiger partial charge in [-0.3, -0.25) is 0 Å². The summed E-state index contributed by atoms with van der Waals surface area (Å²) < 4.78 is 2.03. The van der Waals surface area contributed by atoms with Gasteiger partial charge in [-0.05, 0) is 30.4 Å². The van der Waals surface area contributed by atoms with E-state index in [4.69, 9.17) is 5.11 Å². The third-order valence-corrected chi connectivity index (χ3v) is 4.05. The quantitative estimate of drug-likeness (QED) is 0.855. The SMILES string of the molecule is CCNC1C=C(c2cncn2CCO)CCC1(C)C. The third kappa shape index (κ3) is 3.07. The van der Waals surface area contributed by atoms with Gasteiger partial charge in [0.2, 0.25) is 0 Å². The number of hydrogen-bond acceptors (Lipinski definition) is 3. The van der Waals surface area contributed by atoms with Crippen LogP contribution in [0, 0.1) is 5.41 Å². The molecule has 4 nitrogen and oxygen atoms in total. The molecule has 1 aliphatic rings. The second-order valence-corrected chi connectivity index (χ2v) is 5.91. The molecule has 19 heavy (non-hydrogen) atoms. The largest absolute Gasteiger partial charge is 0.395 e. The fraction of sp³-hybridized carbons (Fsp3) is 0.667. The molecule has 2 rings (SSSR count). The maximum absolute atomic E-state index is 9.10. The molecule has 1 aromatic rings. The van der Waals surface area contributed by atoms with Crippen molar-refractivity contribution in [2.75, 3.05) is 13.2 Å². The first-order valence-corrected chi connectivity index (χ1v) is 7.14. The highest BCUT2D eigenvalue weighted by Crippen LogP contribution is 2.38. The number of allylic oxidation sites excluding steroid dienone is 1. The lowest BCUT2D eigenvalue weighted by molar-refractivity contribution is 0.255. The molecule has 0 amide bonds. The Morgan fingerprint density at radius 2 is 2.32 bits per heavy atom. The molecule has 0 bridgehead atoms. The highest BCUT2D eigenvalue weighted by Gasteiger charge is 2.32. The topological polar surface area (TPSA) is 50.1 Å². The fourth-order valence-electron chi connectivity index (χ4n) is 2.77. The van der Waals surface area contributed by atoms with Crippen molar-refractivity contribution in [2.45, 2.75) is 46.2 Å². The molecule has 0 fully saturated rings. The van der Waals surface area contributed by atoms with Crippen LogP contribution in [0.5, 0.6) is 0 Å². The van der Waals surface area contributed by atoms with E-state index in [0.717, 1.165) is 18.7 Å². The van der Waals surface area contributed by atoms with Crippen LogP contribution < -0.4 is 5.32 Å². The first-order valence-electron chi connectivity index (χ1n) is 7.14. The zero-order valence-electron chi connectivity index (χ0n) is 12.2. The van der Waals surface area contributed by atoms with E-state index < -0.39 is 0 Å². The lowest BCUT2D eigenvalue weighted by Gasteiger charge is -2.37. The number of aromatic nitrogens is 2. The number of hydrogen-bond donors (Lipinski definition) is 2. The third-order valence-electron chi connectivity index (χ3n) is 4.05. The fourth-order valence-corrected chi connectivity index (χ4v) is 2.77. The Balaban J connectivity index is 2.26. The van der Waals surface area contributed by atoms with Gasteiger partial charge < -0.3 is 15.0 Å². The Hall–Kier alpha value is -1.13. The van der Waals surface area contributed by atoms with Gasteiger partial charge in [-0.25, -0.2) is 4.98 Å². The van der Waals surface area contributed by atoms with Crippen LogP contribution in [0.3, 0.4) is 0 Å². The summed E-state index contributed by atoms with van der Waals surface area (Å²) in [4.78, 5) is 4.21. The van der Waals surface area contributed by atoms with Crippen LogP contribution in [0.15, 0.2) is 18.6 Å².